The fraction of sp³-hybridized carbons (Fsp3) is 0.727. The van der Waals surface area contributed by atoms with Crippen LogP contribution in [0.15, 0.2) is 0 Å². The Morgan fingerprint density at radius 2 is 2.41 bits per heavy atom. The molecule has 1 aromatic rings. The first-order valence-corrected chi connectivity index (χ1v) is 7.79. The summed E-state index contributed by atoms with van der Waals surface area (Å²) >= 11 is 4.67. The fourth-order valence-electron chi connectivity index (χ4n) is 2.25. The number of hydrogen-bond donors (Lipinski definition) is 0. The summed E-state index contributed by atoms with van der Waals surface area (Å²) in [5.41, 5.74) is 0.753. The van der Waals surface area contributed by atoms with E-state index in [1.54, 1.807) is 0 Å². The molecule has 4 nitrogen and oxygen atoms in total. The average molecular weight is 318 g/mol. The van der Waals surface area contributed by atoms with Crippen LogP contribution in [0, 0.1) is 6.92 Å². The zero-order valence-electron chi connectivity index (χ0n) is 9.86. The Hall–Kier alpha value is -0.490. The lowest BCUT2D eigenvalue weighted by Gasteiger charge is -2.35. The highest BCUT2D eigenvalue weighted by Gasteiger charge is 2.29. The minimum atomic E-state index is 0.114. The first-order valence-electron chi connectivity index (χ1n) is 5.90. The van der Waals surface area contributed by atoms with Crippen LogP contribution in [0.3, 0.4) is 0 Å². The number of carbonyl (C=O) groups is 1. The van der Waals surface area contributed by atoms with Gasteiger partial charge in [-0.15, -0.1) is 5.10 Å². The summed E-state index contributed by atoms with van der Waals surface area (Å²) in [7, 11) is 0. The fourth-order valence-corrected chi connectivity index (χ4v) is 3.39. The molecule has 2 heterocycles. The molecule has 0 bridgehead atoms. The van der Waals surface area contributed by atoms with E-state index in [4.69, 9.17) is 0 Å². The molecule has 0 N–H and O–H groups in total. The topological polar surface area (TPSA) is 46.1 Å². The molecule has 2 rings (SSSR count). The molecule has 1 unspecified atom stereocenters. The summed E-state index contributed by atoms with van der Waals surface area (Å²) in [6, 6.07) is 0.372. The summed E-state index contributed by atoms with van der Waals surface area (Å²) in [4.78, 5) is 15.1. The van der Waals surface area contributed by atoms with Crippen LogP contribution >= 0.6 is 27.5 Å². The molecule has 0 radical (unpaired) electrons. The summed E-state index contributed by atoms with van der Waals surface area (Å²) in [5.74, 6) is 0.114. The van der Waals surface area contributed by atoms with Crippen molar-refractivity contribution in [1.29, 1.82) is 0 Å². The van der Waals surface area contributed by atoms with Gasteiger partial charge in [-0.1, -0.05) is 20.4 Å². The molecule has 1 aromatic heterocycles. The van der Waals surface area contributed by atoms with E-state index in [-0.39, 0.29) is 5.91 Å². The molecule has 17 heavy (non-hydrogen) atoms. The van der Waals surface area contributed by atoms with E-state index >= 15 is 0 Å². The van der Waals surface area contributed by atoms with Gasteiger partial charge in [0.2, 0.25) is 0 Å². The molecule has 1 fully saturated rings. The third-order valence-corrected chi connectivity index (χ3v) is 4.45. The Morgan fingerprint density at radius 3 is 3.06 bits per heavy atom. The van der Waals surface area contributed by atoms with E-state index < -0.39 is 0 Å². The number of carbonyl (C=O) groups excluding carboxylic acids is 1. The van der Waals surface area contributed by atoms with Gasteiger partial charge in [-0.25, -0.2) is 0 Å². The Morgan fingerprint density at radius 1 is 1.59 bits per heavy atom. The molecule has 1 atom stereocenters. The van der Waals surface area contributed by atoms with Crippen molar-refractivity contribution in [3.05, 3.63) is 10.6 Å². The number of amides is 1. The summed E-state index contributed by atoms with van der Waals surface area (Å²) < 4.78 is 3.84. The Bertz CT molecular complexity index is 394. The number of likely N-dealkylation sites (tertiary alicyclic amines) is 1. The van der Waals surface area contributed by atoms with Crippen LogP contribution in [-0.2, 0) is 0 Å². The SMILES string of the molecule is Cc1nnsc1C(=O)N1CCCCC1CCBr. The minimum Gasteiger partial charge on any atom is -0.335 e. The number of hydrogen-bond acceptors (Lipinski definition) is 4. The van der Waals surface area contributed by atoms with Gasteiger partial charge in [-0.2, -0.15) is 0 Å². The standard InChI is InChI=1S/C11H16BrN3OS/c1-8-10(17-14-13-8)11(16)15-7-3-2-4-9(15)5-6-12/h9H,2-7H2,1H3. The molecule has 0 saturated carbocycles. The number of rotatable bonds is 3. The van der Waals surface area contributed by atoms with Crippen LogP contribution in [0.25, 0.3) is 0 Å². The highest BCUT2D eigenvalue weighted by Crippen LogP contribution is 2.24. The van der Waals surface area contributed by atoms with E-state index in [2.05, 4.69) is 25.5 Å². The van der Waals surface area contributed by atoms with Crippen molar-refractivity contribution in [2.45, 2.75) is 38.6 Å². The Balaban J connectivity index is 2.14. The minimum absolute atomic E-state index is 0.114. The molecule has 1 aliphatic heterocycles. The second kappa shape index (κ2) is 5.91. The molecule has 6 heteroatoms. The highest BCUT2D eigenvalue weighted by molar-refractivity contribution is 9.09. The van der Waals surface area contributed by atoms with Crippen LogP contribution in [0.4, 0.5) is 0 Å². The maximum Gasteiger partial charge on any atom is 0.267 e. The predicted octanol–water partition coefficient (Wildman–Crippen LogP) is 2.63. The van der Waals surface area contributed by atoms with E-state index in [0.29, 0.717) is 10.9 Å². The summed E-state index contributed by atoms with van der Waals surface area (Å²) in [5, 5.41) is 4.86. The van der Waals surface area contributed by atoms with Crippen molar-refractivity contribution < 1.29 is 4.79 Å². The van der Waals surface area contributed by atoms with Gasteiger partial charge in [-0.05, 0) is 44.1 Å². The quantitative estimate of drug-likeness (QED) is 0.805. The maximum absolute atomic E-state index is 12.4. The number of alkyl halides is 1. The van der Waals surface area contributed by atoms with Crippen molar-refractivity contribution in [2.24, 2.45) is 0 Å². The zero-order chi connectivity index (χ0) is 12.3. The molecule has 1 saturated heterocycles. The lowest BCUT2D eigenvalue weighted by molar-refractivity contribution is 0.0614. The van der Waals surface area contributed by atoms with Crippen molar-refractivity contribution >= 4 is 33.4 Å². The normalized spacial score (nSPS) is 20.6. The predicted molar refractivity (Wildman–Crippen MR) is 71.7 cm³/mol. The largest absolute Gasteiger partial charge is 0.335 e. The van der Waals surface area contributed by atoms with Crippen molar-refractivity contribution in [1.82, 2.24) is 14.5 Å². The molecule has 94 valence electrons. The van der Waals surface area contributed by atoms with E-state index in [1.165, 1.54) is 18.0 Å². The van der Waals surface area contributed by atoms with Crippen molar-refractivity contribution in [3.63, 3.8) is 0 Å². The number of aryl methyl sites for hydroxylation is 1. The van der Waals surface area contributed by atoms with Gasteiger partial charge in [0.25, 0.3) is 5.91 Å². The second-order valence-corrected chi connectivity index (χ2v) is 5.86. The van der Waals surface area contributed by atoms with Gasteiger partial charge in [0.05, 0.1) is 5.69 Å². The van der Waals surface area contributed by atoms with Crippen LogP contribution in [0.2, 0.25) is 0 Å². The molecular weight excluding hydrogens is 302 g/mol. The Kier molecular flexibility index (Phi) is 4.50. The van der Waals surface area contributed by atoms with Gasteiger partial charge in [0.1, 0.15) is 4.88 Å². The van der Waals surface area contributed by atoms with Crippen molar-refractivity contribution in [3.8, 4) is 0 Å². The van der Waals surface area contributed by atoms with Crippen LogP contribution in [0.1, 0.15) is 41.0 Å². The third kappa shape index (κ3) is 2.85. The van der Waals surface area contributed by atoms with Crippen molar-refractivity contribution in [2.75, 3.05) is 11.9 Å². The van der Waals surface area contributed by atoms with E-state index in [1.807, 2.05) is 11.8 Å². The number of halogens is 1. The van der Waals surface area contributed by atoms with E-state index in [9.17, 15) is 4.79 Å². The molecule has 1 aliphatic rings. The maximum atomic E-state index is 12.4. The van der Waals surface area contributed by atoms with Crippen LogP contribution in [0.5, 0.6) is 0 Å². The average Bonchev–Trinajstić information content (AvgIpc) is 2.76. The molecular formula is C11H16BrN3OS. The summed E-state index contributed by atoms with van der Waals surface area (Å²) in [6.07, 6.45) is 4.47. The summed E-state index contributed by atoms with van der Waals surface area (Å²) in [6.45, 7) is 2.72. The smallest absolute Gasteiger partial charge is 0.267 e. The number of piperidine rings is 1. The molecule has 0 aliphatic carbocycles. The van der Waals surface area contributed by atoms with Gasteiger partial charge < -0.3 is 4.90 Å². The van der Waals surface area contributed by atoms with Gasteiger partial charge in [0.15, 0.2) is 0 Å². The lowest BCUT2D eigenvalue weighted by atomic mass is 10.00. The molecule has 1 amide bonds. The monoisotopic (exact) mass is 317 g/mol. The molecule has 0 aromatic carbocycles. The van der Waals surface area contributed by atoms with Crippen LogP contribution in [-0.4, -0.2) is 38.3 Å². The second-order valence-electron chi connectivity index (χ2n) is 4.31. The first-order chi connectivity index (χ1) is 8.24. The zero-order valence-corrected chi connectivity index (χ0v) is 12.3. The van der Waals surface area contributed by atoms with Gasteiger partial charge >= 0.3 is 0 Å². The molecule has 0 spiro atoms. The third-order valence-electron chi connectivity index (χ3n) is 3.18. The highest BCUT2D eigenvalue weighted by atomic mass is 79.9. The van der Waals surface area contributed by atoms with E-state index in [0.717, 1.165) is 36.8 Å². The first kappa shape index (κ1) is 13.0. The number of nitrogens with zero attached hydrogens (tertiary/aromatic N) is 3. The van der Waals surface area contributed by atoms with Gasteiger partial charge in [-0.3, -0.25) is 4.79 Å². The van der Waals surface area contributed by atoms with Gasteiger partial charge in [0, 0.05) is 17.9 Å². The lowest BCUT2D eigenvalue weighted by Crippen LogP contribution is -2.43. The Labute approximate surface area is 114 Å². The number of aromatic nitrogens is 2. The van der Waals surface area contributed by atoms with Crippen LogP contribution < -0.4 is 0 Å².